The van der Waals surface area contributed by atoms with Gasteiger partial charge in [0.15, 0.2) is 12.3 Å². The van der Waals surface area contributed by atoms with Gasteiger partial charge in [0, 0.05) is 30.0 Å². The summed E-state index contributed by atoms with van der Waals surface area (Å²) in [5.41, 5.74) is 0.186. The van der Waals surface area contributed by atoms with Gasteiger partial charge >= 0.3 is 0 Å². The molecular weight excluding hydrogens is 441 g/mol. The first-order valence-corrected chi connectivity index (χ1v) is 9.88. The molecule has 3 nitrogen and oxygen atoms in total. The summed E-state index contributed by atoms with van der Waals surface area (Å²) >= 11 is 6.22. The van der Waals surface area contributed by atoms with Crippen molar-refractivity contribution in [2.45, 2.75) is 43.1 Å². The molecule has 0 N–H and O–H groups in total. The Morgan fingerprint density at radius 2 is 1.94 bits per heavy atom. The van der Waals surface area contributed by atoms with Gasteiger partial charge in [-0.25, -0.2) is 22.0 Å². The first kappa shape index (κ1) is 22.0. The molecule has 2 aromatic carbocycles. The minimum Gasteiger partial charge on any atom is -0.359 e. The number of nitrogens with zero attached hydrogens (tertiary/aromatic N) is 1. The Bertz CT molecular complexity index is 1070. The second kappa shape index (κ2) is 8.05. The van der Waals surface area contributed by atoms with Crippen molar-refractivity contribution >= 4 is 11.6 Å². The zero-order chi connectivity index (χ0) is 22.5. The summed E-state index contributed by atoms with van der Waals surface area (Å²) in [5.74, 6) is -5.10. The number of ether oxygens (including phenoxy) is 2. The molecule has 0 saturated carbocycles. The van der Waals surface area contributed by atoms with Crippen molar-refractivity contribution in [1.82, 2.24) is 0 Å². The van der Waals surface area contributed by atoms with Gasteiger partial charge in [-0.3, -0.25) is 0 Å². The molecule has 0 aromatic heterocycles. The van der Waals surface area contributed by atoms with Crippen LogP contribution in [0.15, 0.2) is 24.3 Å². The molecule has 4 atom stereocenters. The maximum atomic E-state index is 14.8. The minimum atomic E-state index is -3.31. The fraction of sp³-hybridized carbons (Fsp3) is 0.409. The zero-order valence-electron chi connectivity index (χ0n) is 16.3. The van der Waals surface area contributed by atoms with E-state index in [1.165, 1.54) is 19.2 Å². The van der Waals surface area contributed by atoms with E-state index in [0.29, 0.717) is 5.56 Å². The average molecular weight is 458 g/mol. The number of nitriles is 1. The first-order valence-electron chi connectivity index (χ1n) is 9.50. The molecule has 0 unspecified atom stereocenters. The highest BCUT2D eigenvalue weighted by atomic mass is 35.5. The number of alkyl halides is 4. The normalized spacial score (nSPS) is 26.3. The molecule has 0 spiro atoms. The van der Waals surface area contributed by atoms with E-state index in [4.69, 9.17) is 21.1 Å². The van der Waals surface area contributed by atoms with Crippen molar-refractivity contribution in [2.24, 2.45) is 0 Å². The second-order valence-corrected chi connectivity index (χ2v) is 8.10. The van der Waals surface area contributed by atoms with Crippen LogP contribution in [-0.4, -0.2) is 26.0 Å². The maximum absolute atomic E-state index is 14.8. The highest BCUT2D eigenvalue weighted by Gasteiger charge is 2.51. The van der Waals surface area contributed by atoms with Crippen molar-refractivity contribution in [2.75, 3.05) is 13.9 Å². The van der Waals surface area contributed by atoms with Crippen molar-refractivity contribution in [3.8, 4) is 6.07 Å². The molecule has 164 valence electrons. The fourth-order valence-electron chi connectivity index (χ4n) is 4.63. The zero-order valence-corrected chi connectivity index (χ0v) is 17.0. The lowest BCUT2D eigenvalue weighted by Gasteiger charge is -2.32. The highest BCUT2D eigenvalue weighted by molar-refractivity contribution is 6.31. The van der Waals surface area contributed by atoms with E-state index >= 15 is 0 Å². The molecule has 0 heterocycles. The summed E-state index contributed by atoms with van der Waals surface area (Å²) in [4.78, 5) is 0. The molecule has 31 heavy (non-hydrogen) atoms. The van der Waals surface area contributed by atoms with Gasteiger partial charge in [0.25, 0.3) is 5.92 Å². The van der Waals surface area contributed by atoms with E-state index in [1.807, 2.05) is 6.07 Å². The molecule has 0 radical (unpaired) electrons. The Balaban J connectivity index is 1.91. The molecule has 0 amide bonds. The number of benzene rings is 2. The van der Waals surface area contributed by atoms with Gasteiger partial charge in [0.1, 0.15) is 18.8 Å². The topological polar surface area (TPSA) is 42.2 Å². The molecule has 9 heteroatoms. The number of methoxy groups -OCH3 is 1. The van der Waals surface area contributed by atoms with Gasteiger partial charge in [-0.2, -0.15) is 5.26 Å². The second-order valence-electron chi connectivity index (χ2n) is 7.69. The largest absolute Gasteiger partial charge is 0.359 e. The number of rotatable bonds is 4. The lowest BCUT2D eigenvalue weighted by molar-refractivity contribution is -0.169. The lowest BCUT2D eigenvalue weighted by Crippen LogP contribution is -2.26. The SMILES string of the molecule is COCO[C@H]1c2c(Cl)ccc([C@H]3C[C@H](F)[C@H](F)c4cc(F)cc(C#N)c43)c2CC1(F)F. The monoisotopic (exact) mass is 457 g/mol. The van der Waals surface area contributed by atoms with Crippen LogP contribution in [0, 0.1) is 17.1 Å². The fourth-order valence-corrected chi connectivity index (χ4v) is 4.91. The van der Waals surface area contributed by atoms with Crippen LogP contribution >= 0.6 is 11.6 Å². The van der Waals surface area contributed by atoms with Gasteiger partial charge in [0.05, 0.1) is 11.6 Å². The van der Waals surface area contributed by atoms with Crippen LogP contribution in [0.4, 0.5) is 22.0 Å². The van der Waals surface area contributed by atoms with E-state index < -0.39 is 42.5 Å². The van der Waals surface area contributed by atoms with Crippen LogP contribution in [0.1, 0.15) is 58.0 Å². The Hall–Kier alpha value is -2.21. The Morgan fingerprint density at radius 1 is 1.19 bits per heavy atom. The number of halogens is 6. The smallest absolute Gasteiger partial charge is 0.282 e. The molecule has 0 aliphatic heterocycles. The summed E-state index contributed by atoms with van der Waals surface area (Å²) in [6.07, 6.45) is -6.88. The van der Waals surface area contributed by atoms with Crippen LogP contribution in [0.3, 0.4) is 0 Å². The lowest BCUT2D eigenvalue weighted by atomic mass is 9.73. The van der Waals surface area contributed by atoms with Gasteiger partial charge in [-0.15, -0.1) is 0 Å². The minimum absolute atomic E-state index is 0.0489. The van der Waals surface area contributed by atoms with E-state index in [0.717, 1.165) is 12.1 Å². The van der Waals surface area contributed by atoms with Gasteiger partial charge in [0.2, 0.25) is 0 Å². The summed E-state index contributed by atoms with van der Waals surface area (Å²) in [7, 11) is 1.29. The standard InChI is InChI=1S/C22H17ClF5NO2/c1-30-9-31-21-19-15(7-22(21,27)28)12(2-3-16(19)23)13-6-17(25)20(26)14-5-11(24)4-10(8-29)18(13)14/h2-5,13,17,20-21H,6-7,9H2,1H3/t13-,17+,20-,21+/m1/s1. The van der Waals surface area contributed by atoms with Crippen LogP contribution in [0.2, 0.25) is 5.02 Å². The summed E-state index contributed by atoms with van der Waals surface area (Å²) in [6, 6.07) is 6.48. The third-order valence-corrected chi connectivity index (χ3v) is 6.18. The predicted octanol–water partition coefficient (Wildman–Crippen LogP) is 6.09. The molecule has 0 bridgehead atoms. The van der Waals surface area contributed by atoms with Crippen molar-refractivity contribution in [3.63, 3.8) is 0 Å². The van der Waals surface area contributed by atoms with Gasteiger partial charge in [-0.1, -0.05) is 17.7 Å². The van der Waals surface area contributed by atoms with E-state index in [1.54, 1.807) is 0 Å². The van der Waals surface area contributed by atoms with Crippen LogP contribution in [0.5, 0.6) is 0 Å². The molecule has 2 aliphatic carbocycles. The number of hydrogen-bond donors (Lipinski definition) is 0. The van der Waals surface area contributed by atoms with Gasteiger partial charge < -0.3 is 9.47 Å². The highest BCUT2D eigenvalue weighted by Crippen LogP contribution is 2.53. The maximum Gasteiger partial charge on any atom is 0.282 e. The van der Waals surface area contributed by atoms with Crippen LogP contribution in [-0.2, 0) is 15.9 Å². The molecule has 2 aliphatic rings. The predicted molar refractivity (Wildman–Crippen MR) is 102 cm³/mol. The van der Waals surface area contributed by atoms with E-state index in [-0.39, 0.29) is 46.1 Å². The van der Waals surface area contributed by atoms with E-state index in [2.05, 4.69) is 0 Å². The van der Waals surface area contributed by atoms with Crippen molar-refractivity contribution in [1.29, 1.82) is 5.26 Å². The molecule has 2 aromatic rings. The third kappa shape index (κ3) is 3.59. The Kier molecular flexibility index (Phi) is 5.71. The third-order valence-electron chi connectivity index (χ3n) is 5.85. The quantitative estimate of drug-likeness (QED) is 0.412. The molecular formula is C22H17ClF5NO2. The summed E-state index contributed by atoms with van der Waals surface area (Å²) < 4.78 is 82.7. The first-order chi connectivity index (χ1) is 14.7. The number of hydrogen-bond acceptors (Lipinski definition) is 3. The Labute approximate surface area is 180 Å². The summed E-state index contributed by atoms with van der Waals surface area (Å²) in [5, 5.41) is 9.54. The summed E-state index contributed by atoms with van der Waals surface area (Å²) in [6.45, 7) is -0.388. The average Bonchev–Trinajstić information content (AvgIpc) is 2.99. The molecule has 0 saturated heterocycles. The molecule has 0 fully saturated rings. The molecule has 4 rings (SSSR count). The van der Waals surface area contributed by atoms with Crippen molar-refractivity contribution < 1.29 is 31.4 Å². The van der Waals surface area contributed by atoms with Crippen LogP contribution in [0.25, 0.3) is 0 Å². The van der Waals surface area contributed by atoms with Crippen LogP contribution < -0.4 is 0 Å². The number of fused-ring (bicyclic) bond motifs is 2. The van der Waals surface area contributed by atoms with Crippen molar-refractivity contribution in [3.05, 3.63) is 68.5 Å². The Morgan fingerprint density at radius 3 is 2.61 bits per heavy atom. The van der Waals surface area contributed by atoms with E-state index in [9.17, 15) is 27.2 Å². The van der Waals surface area contributed by atoms with Gasteiger partial charge in [-0.05, 0) is 46.9 Å².